The third-order valence-corrected chi connectivity index (χ3v) is 2.31. The van der Waals surface area contributed by atoms with Crippen molar-refractivity contribution >= 4 is 11.8 Å². The Labute approximate surface area is 98.6 Å². The second kappa shape index (κ2) is 5.05. The Hall–Kier alpha value is -2.45. The summed E-state index contributed by atoms with van der Waals surface area (Å²) in [5.41, 5.74) is 2.29. The summed E-state index contributed by atoms with van der Waals surface area (Å²) >= 11 is 0. The van der Waals surface area contributed by atoms with Crippen LogP contribution in [0, 0.1) is 0 Å². The van der Waals surface area contributed by atoms with E-state index in [2.05, 4.69) is 9.98 Å². The van der Waals surface area contributed by atoms with Crippen molar-refractivity contribution in [1.29, 1.82) is 0 Å². The molecule has 0 aliphatic heterocycles. The number of aromatic nitrogens is 1. The van der Waals surface area contributed by atoms with E-state index in [0.29, 0.717) is 5.69 Å². The van der Waals surface area contributed by atoms with Gasteiger partial charge >= 0.3 is 0 Å². The van der Waals surface area contributed by atoms with E-state index in [0.717, 1.165) is 17.0 Å². The van der Waals surface area contributed by atoms with Crippen LogP contribution in [0.1, 0.15) is 0 Å². The molecular formula is C13H10N2O2. The van der Waals surface area contributed by atoms with Gasteiger partial charge in [-0.3, -0.25) is 4.98 Å². The maximum Gasteiger partial charge on any atom is 0.240 e. The van der Waals surface area contributed by atoms with Crippen LogP contribution in [0.5, 0.6) is 5.75 Å². The number of pyridine rings is 1. The molecule has 4 nitrogen and oxygen atoms in total. The van der Waals surface area contributed by atoms with Gasteiger partial charge in [-0.05, 0) is 36.4 Å². The number of aliphatic imine (C=N–C) groups is 1. The molecule has 1 heterocycles. The fourth-order valence-electron chi connectivity index (χ4n) is 1.44. The molecule has 0 fully saturated rings. The van der Waals surface area contributed by atoms with Gasteiger partial charge in [0.25, 0.3) is 0 Å². The van der Waals surface area contributed by atoms with E-state index in [9.17, 15) is 4.79 Å². The molecule has 1 aromatic heterocycles. The van der Waals surface area contributed by atoms with E-state index in [-0.39, 0.29) is 0 Å². The molecule has 2 aromatic rings. The van der Waals surface area contributed by atoms with Gasteiger partial charge in [-0.25, -0.2) is 4.79 Å². The largest absolute Gasteiger partial charge is 0.497 e. The first-order valence-electron chi connectivity index (χ1n) is 5.02. The molecule has 84 valence electrons. The second-order valence-electron chi connectivity index (χ2n) is 3.33. The number of methoxy groups -OCH3 is 1. The predicted molar refractivity (Wildman–Crippen MR) is 64.0 cm³/mol. The number of carbonyl (C=O) groups excluding carboxylic acids is 1. The molecule has 0 saturated carbocycles. The highest BCUT2D eigenvalue weighted by Crippen LogP contribution is 2.21. The van der Waals surface area contributed by atoms with Crippen LogP contribution in [-0.4, -0.2) is 18.2 Å². The Morgan fingerprint density at radius 3 is 2.47 bits per heavy atom. The Balaban J connectivity index is 2.29. The summed E-state index contributed by atoms with van der Waals surface area (Å²) in [6, 6.07) is 11.1. The van der Waals surface area contributed by atoms with Crippen LogP contribution in [0.2, 0.25) is 0 Å². The van der Waals surface area contributed by atoms with Crippen LogP contribution < -0.4 is 4.74 Å². The van der Waals surface area contributed by atoms with E-state index in [1.54, 1.807) is 19.2 Å². The minimum atomic E-state index is 0.497. The first-order chi connectivity index (χ1) is 8.33. The maximum atomic E-state index is 10.1. The normalized spacial score (nSPS) is 9.47. The Morgan fingerprint density at radius 2 is 1.94 bits per heavy atom. The molecule has 0 spiro atoms. The highest BCUT2D eigenvalue weighted by Gasteiger charge is 1.99. The molecule has 0 saturated heterocycles. The Bertz CT molecular complexity index is 541. The molecule has 0 N–H and O–H groups in total. The molecule has 4 heteroatoms. The molecule has 17 heavy (non-hydrogen) atoms. The van der Waals surface area contributed by atoms with Crippen LogP contribution in [0.3, 0.4) is 0 Å². The lowest BCUT2D eigenvalue weighted by Crippen LogP contribution is -1.84. The molecule has 0 unspecified atom stereocenters. The summed E-state index contributed by atoms with van der Waals surface area (Å²) in [6.07, 6.45) is 3.01. The van der Waals surface area contributed by atoms with Crippen LogP contribution in [-0.2, 0) is 4.79 Å². The van der Waals surface area contributed by atoms with E-state index < -0.39 is 0 Å². The molecule has 0 aliphatic rings. The van der Waals surface area contributed by atoms with E-state index in [1.807, 2.05) is 24.3 Å². The van der Waals surface area contributed by atoms with Crippen molar-refractivity contribution < 1.29 is 9.53 Å². The monoisotopic (exact) mass is 226 g/mol. The van der Waals surface area contributed by atoms with Gasteiger partial charge in [0, 0.05) is 5.56 Å². The topological polar surface area (TPSA) is 51.5 Å². The molecular weight excluding hydrogens is 216 g/mol. The third-order valence-electron chi connectivity index (χ3n) is 2.31. The van der Waals surface area contributed by atoms with Crippen LogP contribution in [0.4, 0.5) is 5.69 Å². The van der Waals surface area contributed by atoms with Crippen molar-refractivity contribution in [1.82, 2.24) is 4.98 Å². The Morgan fingerprint density at radius 1 is 1.18 bits per heavy atom. The van der Waals surface area contributed by atoms with Gasteiger partial charge in [0.1, 0.15) is 5.75 Å². The number of benzene rings is 1. The van der Waals surface area contributed by atoms with Gasteiger partial charge in [-0.2, -0.15) is 4.99 Å². The number of rotatable bonds is 3. The number of ether oxygens (including phenoxy) is 1. The zero-order chi connectivity index (χ0) is 12.1. The van der Waals surface area contributed by atoms with Gasteiger partial charge in [-0.1, -0.05) is 0 Å². The number of isocyanates is 1. The fourth-order valence-corrected chi connectivity index (χ4v) is 1.44. The van der Waals surface area contributed by atoms with Gasteiger partial charge in [0.05, 0.1) is 24.7 Å². The standard InChI is InChI=1S/C13H10N2O2/c1-17-12-5-2-10(3-6-12)13-7-4-11(8-14-13)15-9-16/h2-8H,1H3. The van der Waals surface area contributed by atoms with Gasteiger partial charge in [0.15, 0.2) is 0 Å². The van der Waals surface area contributed by atoms with Crippen LogP contribution in [0.15, 0.2) is 47.6 Å². The second-order valence-corrected chi connectivity index (χ2v) is 3.33. The maximum absolute atomic E-state index is 10.1. The predicted octanol–water partition coefficient (Wildman–Crippen LogP) is 2.72. The number of hydrogen-bond donors (Lipinski definition) is 0. The number of hydrogen-bond acceptors (Lipinski definition) is 4. The van der Waals surface area contributed by atoms with Crippen LogP contribution in [0.25, 0.3) is 11.3 Å². The summed E-state index contributed by atoms with van der Waals surface area (Å²) in [4.78, 5) is 17.8. The average Bonchev–Trinajstić information content (AvgIpc) is 2.40. The van der Waals surface area contributed by atoms with E-state index >= 15 is 0 Å². The molecule has 1 aromatic carbocycles. The van der Waals surface area contributed by atoms with Crippen molar-refractivity contribution in [3.63, 3.8) is 0 Å². The fraction of sp³-hybridized carbons (Fsp3) is 0.0769. The summed E-state index contributed by atoms with van der Waals surface area (Å²) < 4.78 is 5.08. The van der Waals surface area contributed by atoms with Crippen molar-refractivity contribution in [3.05, 3.63) is 42.6 Å². The minimum absolute atomic E-state index is 0.497. The van der Waals surface area contributed by atoms with Crippen molar-refractivity contribution in [3.8, 4) is 17.0 Å². The summed E-state index contributed by atoms with van der Waals surface area (Å²) in [6.45, 7) is 0. The molecule has 0 amide bonds. The highest BCUT2D eigenvalue weighted by atomic mass is 16.5. The lowest BCUT2D eigenvalue weighted by molar-refractivity contribution is 0.415. The van der Waals surface area contributed by atoms with Gasteiger partial charge < -0.3 is 4.74 Å². The summed E-state index contributed by atoms with van der Waals surface area (Å²) in [5, 5.41) is 0. The molecule has 2 rings (SSSR count). The molecule has 0 bridgehead atoms. The quantitative estimate of drug-likeness (QED) is 0.597. The zero-order valence-electron chi connectivity index (χ0n) is 9.25. The zero-order valence-corrected chi connectivity index (χ0v) is 9.25. The minimum Gasteiger partial charge on any atom is -0.497 e. The SMILES string of the molecule is COc1ccc(-c2ccc(N=C=O)cn2)cc1. The molecule has 0 radical (unpaired) electrons. The van der Waals surface area contributed by atoms with Crippen molar-refractivity contribution in [2.24, 2.45) is 4.99 Å². The summed E-state index contributed by atoms with van der Waals surface area (Å²) in [5.74, 6) is 0.802. The lowest BCUT2D eigenvalue weighted by Gasteiger charge is -2.02. The highest BCUT2D eigenvalue weighted by molar-refractivity contribution is 5.62. The van der Waals surface area contributed by atoms with E-state index in [1.165, 1.54) is 12.3 Å². The van der Waals surface area contributed by atoms with E-state index in [4.69, 9.17) is 4.74 Å². The lowest BCUT2D eigenvalue weighted by atomic mass is 10.1. The first-order valence-corrected chi connectivity index (χ1v) is 5.02. The molecule has 0 atom stereocenters. The average molecular weight is 226 g/mol. The van der Waals surface area contributed by atoms with Crippen molar-refractivity contribution in [2.45, 2.75) is 0 Å². The van der Waals surface area contributed by atoms with Crippen molar-refractivity contribution in [2.75, 3.05) is 7.11 Å². The third kappa shape index (κ3) is 2.56. The number of nitrogens with zero attached hydrogens (tertiary/aromatic N) is 2. The smallest absolute Gasteiger partial charge is 0.240 e. The first kappa shape index (κ1) is 11.0. The van der Waals surface area contributed by atoms with Gasteiger partial charge in [0.2, 0.25) is 6.08 Å². The van der Waals surface area contributed by atoms with Gasteiger partial charge in [-0.15, -0.1) is 0 Å². The summed E-state index contributed by atoms with van der Waals surface area (Å²) in [7, 11) is 1.62. The van der Waals surface area contributed by atoms with Crippen LogP contribution >= 0.6 is 0 Å². The molecule has 0 aliphatic carbocycles. The Kier molecular flexibility index (Phi) is 3.28.